The molecule has 1 aromatic carbocycles. The Hall–Kier alpha value is -1.63. The summed E-state index contributed by atoms with van der Waals surface area (Å²) in [6.07, 6.45) is 1.99. The van der Waals surface area contributed by atoms with Crippen molar-refractivity contribution < 1.29 is 9.53 Å². The number of aromatic nitrogens is 1. The van der Waals surface area contributed by atoms with E-state index in [0.717, 1.165) is 41.5 Å². The number of carbonyl (C=O) groups excluding carboxylic acids is 1. The highest BCUT2D eigenvalue weighted by Crippen LogP contribution is 2.27. The molecule has 0 unspecified atom stereocenters. The molecule has 3 N–H and O–H groups in total. The van der Waals surface area contributed by atoms with E-state index in [1.807, 2.05) is 18.2 Å². The molecular formula is C14H16ClN3O2S. The minimum atomic E-state index is -0.211. The summed E-state index contributed by atoms with van der Waals surface area (Å²) < 4.78 is 5.55. The average molecular weight is 326 g/mol. The van der Waals surface area contributed by atoms with E-state index in [1.165, 1.54) is 11.3 Å². The Morgan fingerprint density at radius 1 is 1.48 bits per heavy atom. The SMILES string of the molecule is Cl.NCc1nc(C(=O)Nc2ccc3c(c2)CCCO3)cs1. The van der Waals surface area contributed by atoms with E-state index in [2.05, 4.69) is 10.3 Å². The molecule has 7 heteroatoms. The van der Waals surface area contributed by atoms with Crippen molar-refractivity contribution in [3.8, 4) is 5.75 Å². The van der Waals surface area contributed by atoms with Crippen LogP contribution in [0.1, 0.15) is 27.5 Å². The van der Waals surface area contributed by atoms with Gasteiger partial charge < -0.3 is 15.8 Å². The second-order valence-corrected chi connectivity index (χ2v) is 5.50. The van der Waals surface area contributed by atoms with Crippen molar-refractivity contribution in [3.63, 3.8) is 0 Å². The number of nitrogens with two attached hydrogens (primary N) is 1. The summed E-state index contributed by atoms with van der Waals surface area (Å²) in [7, 11) is 0. The minimum absolute atomic E-state index is 0. The first-order chi connectivity index (χ1) is 9.76. The van der Waals surface area contributed by atoms with Gasteiger partial charge in [0.2, 0.25) is 0 Å². The van der Waals surface area contributed by atoms with E-state index in [-0.39, 0.29) is 18.3 Å². The van der Waals surface area contributed by atoms with Crippen LogP contribution in [0.15, 0.2) is 23.6 Å². The lowest BCUT2D eigenvalue weighted by molar-refractivity contribution is 0.102. The largest absolute Gasteiger partial charge is 0.493 e. The number of thiazole rings is 1. The zero-order chi connectivity index (χ0) is 13.9. The van der Waals surface area contributed by atoms with Crippen LogP contribution in [0.5, 0.6) is 5.75 Å². The van der Waals surface area contributed by atoms with Crippen molar-refractivity contribution in [2.45, 2.75) is 19.4 Å². The Morgan fingerprint density at radius 2 is 2.33 bits per heavy atom. The predicted octanol–water partition coefficient (Wildman–Crippen LogP) is 2.60. The number of ether oxygens (including phenoxy) is 1. The normalized spacial score (nSPS) is 12.8. The van der Waals surface area contributed by atoms with Crippen molar-refractivity contribution in [2.75, 3.05) is 11.9 Å². The van der Waals surface area contributed by atoms with Gasteiger partial charge in [-0.1, -0.05) is 0 Å². The summed E-state index contributed by atoms with van der Waals surface area (Å²) in [5.41, 5.74) is 7.80. The molecule has 112 valence electrons. The fraction of sp³-hybridized carbons (Fsp3) is 0.286. The van der Waals surface area contributed by atoms with E-state index in [9.17, 15) is 4.79 Å². The second kappa shape index (κ2) is 6.89. The van der Waals surface area contributed by atoms with Crippen LogP contribution < -0.4 is 15.8 Å². The van der Waals surface area contributed by atoms with E-state index in [4.69, 9.17) is 10.5 Å². The van der Waals surface area contributed by atoms with Gasteiger partial charge in [-0.05, 0) is 36.6 Å². The lowest BCUT2D eigenvalue weighted by atomic mass is 10.1. The molecule has 0 aliphatic carbocycles. The van der Waals surface area contributed by atoms with E-state index in [1.54, 1.807) is 5.38 Å². The van der Waals surface area contributed by atoms with Gasteiger partial charge in [0.05, 0.1) is 6.61 Å². The number of amides is 1. The number of fused-ring (bicyclic) bond motifs is 1. The molecule has 1 aromatic heterocycles. The van der Waals surface area contributed by atoms with Gasteiger partial charge in [-0.25, -0.2) is 4.98 Å². The molecule has 0 fully saturated rings. The predicted molar refractivity (Wildman–Crippen MR) is 85.5 cm³/mol. The summed E-state index contributed by atoms with van der Waals surface area (Å²) in [5, 5.41) is 5.33. The molecule has 0 saturated heterocycles. The van der Waals surface area contributed by atoms with Gasteiger partial charge >= 0.3 is 0 Å². The number of hydrogen-bond donors (Lipinski definition) is 2. The summed E-state index contributed by atoms with van der Waals surface area (Å²) >= 11 is 1.39. The monoisotopic (exact) mass is 325 g/mol. The molecule has 0 radical (unpaired) electrons. The Balaban J connectivity index is 0.00000161. The van der Waals surface area contributed by atoms with Crippen LogP contribution in [0, 0.1) is 0 Å². The molecular weight excluding hydrogens is 310 g/mol. The first kappa shape index (κ1) is 15.8. The van der Waals surface area contributed by atoms with Crippen LogP contribution in [-0.2, 0) is 13.0 Å². The molecule has 2 aromatic rings. The number of nitrogens with zero attached hydrogens (tertiary/aromatic N) is 1. The van der Waals surface area contributed by atoms with Crippen LogP contribution in [-0.4, -0.2) is 17.5 Å². The molecule has 1 aliphatic rings. The molecule has 5 nitrogen and oxygen atoms in total. The number of anilines is 1. The fourth-order valence-electron chi connectivity index (χ4n) is 2.14. The first-order valence-electron chi connectivity index (χ1n) is 6.48. The molecule has 1 aliphatic heterocycles. The highest BCUT2D eigenvalue weighted by molar-refractivity contribution is 7.09. The molecule has 2 heterocycles. The van der Waals surface area contributed by atoms with Crippen molar-refractivity contribution in [1.82, 2.24) is 4.98 Å². The Kier molecular flexibility index (Phi) is 5.17. The maximum Gasteiger partial charge on any atom is 0.275 e. The molecule has 0 bridgehead atoms. The van der Waals surface area contributed by atoms with Crippen LogP contribution in [0.25, 0.3) is 0 Å². The minimum Gasteiger partial charge on any atom is -0.493 e. The number of benzene rings is 1. The van der Waals surface area contributed by atoms with Crippen LogP contribution in [0.4, 0.5) is 5.69 Å². The van der Waals surface area contributed by atoms with Gasteiger partial charge in [0.15, 0.2) is 0 Å². The average Bonchev–Trinajstić information content (AvgIpc) is 2.96. The van der Waals surface area contributed by atoms with Crippen LogP contribution in [0.2, 0.25) is 0 Å². The van der Waals surface area contributed by atoms with E-state index < -0.39 is 0 Å². The summed E-state index contributed by atoms with van der Waals surface area (Å²) in [6, 6.07) is 5.71. The Labute approximate surface area is 132 Å². The summed E-state index contributed by atoms with van der Waals surface area (Å²) in [4.78, 5) is 16.2. The third-order valence-corrected chi connectivity index (χ3v) is 4.00. The van der Waals surface area contributed by atoms with E-state index in [0.29, 0.717) is 12.2 Å². The summed E-state index contributed by atoms with van der Waals surface area (Å²) in [6.45, 7) is 1.12. The van der Waals surface area contributed by atoms with Crippen molar-refractivity contribution in [3.05, 3.63) is 39.8 Å². The third kappa shape index (κ3) is 3.53. The molecule has 3 rings (SSSR count). The van der Waals surface area contributed by atoms with Crippen molar-refractivity contribution in [2.24, 2.45) is 5.73 Å². The van der Waals surface area contributed by atoms with Gasteiger partial charge in [0.1, 0.15) is 16.5 Å². The highest BCUT2D eigenvalue weighted by Gasteiger charge is 2.14. The lowest BCUT2D eigenvalue weighted by Gasteiger charge is -2.17. The number of halogens is 1. The van der Waals surface area contributed by atoms with Crippen LogP contribution >= 0.6 is 23.7 Å². The van der Waals surface area contributed by atoms with Gasteiger partial charge in [-0.2, -0.15) is 0 Å². The highest BCUT2D eigenvalue weighted by atomic mass is 35.5. The maximum atomic E-state index is 12.1. The van der Waals surface area contributed by atoms with E-state index >= 15 is 0 Å². The standard InChI is InChI=1S/C14H15N3O2S.ClH/c15-7-13-17-11(8-20-13)14(18)16-10-3-4-12-9(6-10)2-1-5-19-12;/h3-4,6,8H,1-2,5,7,15H2,(H,16,18);1H. The maximum absolute atomic E-state index is 12.1. The molecule has 21 heavy (non-hydrogen) atoms. The van der Waals surface area contributed by atoms with Crippen molar-refractivity contribution >= 4 is 35.3 Å². The zero-order valence-corrected chi connectivity index (χ0v) is 12.9. The zero-order valence-electron chi connectivity index (χ0n) is 11.3. The second-order valence-electron chi connectivity index (χ2n) is 4.56. The van der Waals surface area contributed by atoms with Crippen molar-refractivity contribution in [1.29, 1.82) is 0 Å². The number of hydrogen-bond acceptors (Lipinski definition) is 5. The third-order valence-electron chi connectivity index (χ3n) is 3.13. The smallest absolute Gasteiger partial charge is 0.275 e. The number of aryl methyl sites for hydroxylation is 1. The summed E-state index contributed by atoms with van der Waals surface area (Å²) in [5.74, 6) is 0.700. The molecule has 0 atom stereocenters. The Morgan fingerprint density at radius 3 is 3.10 bits per heavy atom. The number of nitrogens with one attached hydrogen (secondary N) is 1. The fourth-order valence-corrected chi connectivity index (χ4v) is 2.80. The van der Waals surface area contributed by atoms with Crippen LogP contribution in [0.3, 0.4) is 0 Å². The van der Waals surface area contributed by atoms with Gasteiger partial charge in [0.25, 0.3) is 5.91 Å². The van der Waals surface area contributed by atoms with Gasteiger partial charge in [-0.3, -0.25) is 4.79 Å². The first-order valence-corrected chi connectivity index (χ1v) is 7.36. The molecule has 1 amide bonds. The molecule has 0 saturated carbocycles. The van der Waals surface area contributed by atoms with Gasteiger partial charge in [-0.15, -0.1) is 23.7 Å². The molecule has 0 spiro atoms. The quantitative estimate of drug-likeness (QED) is 0.909. The lowest BCUT2D eigenvalue weighted by Crippen LogP contribution is -2.14. The number of carbonyl (C=O) groups is 1. The topological polar surface area (TPSA) is 77.2 Å². The Bertz CT molecular complexity index is 645. The van der Waals surface area contributed by atoms with Gasteiger partial charge in [0, 0.05) is 17.6 Å². The number of rotatable bonds is 3.